The molecule has 3 heterocycles. The minimum atomic E-state index is -0.0337. The van der Waals surface area contributed by atoms with Gasteiger partial charge in [0.05, 0.1) is 13.2 Å². The van der Waals surface area contributed by atoms with E-state index in [1.807, 2.05) is 36.4 Å². The van der Waals surface area contributed by atoms with Crippen LogP contribution in [0.15, 0.2) is 42.6 Å². The molecule has 0 N–H and O–H groups in total. The number of piperidine rings is 1. The molecular weight excluding hydrogens is 414 g/mol. The van der Waals surface area contributed by atoms with Crippen LogP contribution < -0.4 is 4.74 Å². The highest BCUT2D eigenvalue weighted by molar-refractivity contribution is 5.95. The zero-order chi connectivity index (χ0) is 23.2. The molecule has 0 spiro atoms. The molecule has 1 saturated carbocycles. The number of methoxy groups -OCH3 is 1. The third-order valence-electron chi connectivity index (χ3n) is 8.18. The average Bonchev–Trinajstić information content (AvgIpc) is 2.92. The number of para-hydroxylation sites is 1. The van der Waals surface area contributed by atoms with Crippen LogP contribution in [0.25, 0.3) is 0 Å². The van der Waals surface area contributed by atoms with Crippen molar-refractivity contribution >= 4 is 11.8 Å². The number of hydrogen-bond acceptors (Lipinski definition) is 4. The van der Waals surface area contributed by atoms with E-state index in [1.54, 1.807) is 20.2 Å². The fourth-order valence-electron chi connectivity index (χ4n) is 6.72. The molecule has 1 aromatic heterocycles. The number of nitrogens with zero attached hydrogens (tertiary/aromatic N) is 3. The lowest BCUT2D eigenvalue weighted by Gasteiger charge is -2.46. The van der Waals surface area contributed by atoms with Gasteiger partial charge in [-0.3, -0.25) is 14.6 Å². The number of carbonyl (C=O) groups excluding carboxylic acids is 2. The third-order valence-corrected chi connectivity index (χ3v) is 8.18. The Balaban J connectivity index is 1.45. The first-order chi connectivity index (χ1) is 15.9. The Hall–Kier alpha value is -2.89. The van der Waals surface area contributed by atoms with Gasteiger partial charge in [0.2, 0.25) is 5.91 Å². The number of likely N-dealkylation sites (tertiary alicyclic amines) is 2. The standard InChI is InChI=1S/C27H33N3O3/c1-18(31)29-17-22-16-27(2)24(29)10-6-7-11-25(27)30(22)26(32)20-12-13-28-21(15-20)14-19-8-4-5-9-23(19)33-3/h4-5,8-9,12-13,15,22,24-25H,6-7,10-11,14,16-17H2,1-3H3/t22-,24+,25-,27+/m0/s1. The Morgan fingerprint density at radius 3 is 2.67 bits per heavy atom. The minimum absolute atomic E-state index is 0.0337. The number of fused-ring (bicyclic) bond motifs is 1. The highest BCUT2D eigenvalue weighted by atomic mass is 16.5. The first-order valence-electron chi connectivity index (χ1n) is 12.1. The van der Waals surface area contributed by atoms with Crippen molar-refractivity contribution in [3.8, 4) is 5.75 Å². The van der Waals surface area contributed by atoms with Gasteiger partial charge in [-0.1, -0.05) is 38.0 Å². The van der Waals surface area contributed by atoms with E-state index in [4.69, 9.17) is 4.74 Å². The largest absolute Gasteiger partial charge is 0.496 e. The van der Waals surface area contributed by atoms with Crippen molar-refractivity contribution in [2.45, 2.75) is 70.5 Å². The molecule has 2 bridgehead atoms. The van der Waals surface area contributed by atoms with E-state index in [2.05, 4.69) is 21.7 Å². The Morgan fingerprint density at radius 1 is 1.15 bits per heavy atom. The maximum absolute atomic E-state index is 13.9. The van der Waals surface area contributed by atoms with Gasteiger partial charge in [0, 0.05) is 60.4 Å². The Labute approximate surface area is 195 Å². The van der Waals surface area contributed by atoms with Gasteiger partial charge < -0.3 is 14.5 Å². The van der Waals surface area contributed by atoms with Gasteiger partial charge in [0.25, 0.3) is 5.91 Å². The number of benzene rings is 1. The van der Waals surface area contributed by atoms with E-state index >= 15 is 0 Å². The predicted molar refractivity (Wildman–Crippen MR) is 126 cm³/mol. The molecule has 5 rings (SSSR count). The molecule has 6 heteroatoms. The van der Waals surface area contributed by atoms with Gasteiger partial charge in [-0.05, 0) is 37.5 Å². The van der Waals surface area contributed by atoms with Gasteiger partial charge in [-0.15, -0.1) is 0 Å². The molecule has 0 radical (unpaired) electrons. The average molecular weight is 448 g/mol. The second-order valence-corrected chi connectivity index (χ2v) is 10.1. The molecule has 2 saturated heterocycles. The van der Waals surface area contributed by atoms with Crippen molar-refractivity contribution in [2.75, 3.05) is 13.7 Å². The summed E-state index contributed by atoms with van der Waals surface area (Å²) in [6.45, 7) is 4.63. The van der Waals surface area contributed by atoms with E-state index in [0.717, 1.165) is 49.1 Å². The van der Waals surface area contributed by atoms with Crippen LogP contribution in [0.4, 0.5) is 0 Å². The zero-order valence-electron chi connectivity index (χ0n) is 19.8. The zero-order valence-corrected chi connectivity index (χ0v) is 19.8. The molecule has 3 aliphatic rings. The number of carbonyl (C=O) groups is 2. The Kier molecular flexibility index (Phi) is 5.63. The van der Waals surface area contributed by atoms with E-state index in [-0.39, 0.29) is 35.4 Å². The highest BCUT2D eigenvalue weighted by Gasteiger charge is 2.60. The van der Waals surface area contributed by atoms with Crippen LogP contribution >= 0.6 is 0 Å². The van der Waals surface area contributed by atoms with E-state index < -0.39 is 0 Å². The fraction of sp³-hybridized carbons (Fsp3) is 0.519. The van der Waals surface area contributed by atoms with Crippen molar-refractivity contribution < 1.29 is 14.3 Å². The van der Waals surface area contributed by atoms with Crippen LogP contribution in [0.2, 0.25) is 0 Å². The van der Waals surface area contributed by atoms with Crippen LogP contribution in [0.1, 0.15) is 67.6 Å². The maximum atomic E-state index is 13.9. The monoisotopic (exact) mass is 447 g/mol. The molecule has 6 nitrogen and oxygen atoms in total. The second-order valence-electron chi connectivity index (χ2n) is 10.1. The van der Waals surface area contributed by atoms with Gasteiger partial charge in [0.1, 0.15) is 5.75 Å². The summed E-state index contributed by atoms with van der Waals surface area (Å²) in [5.41, 5.74) is 2.54. The lowest BCUT2D eigenvalue weighted by molar-refractivity contribution is -0.136. The van der Waals surface area contributed by atoms with Crippen LogP contribution in [0.5, 0.6) is 5.75 Å². The van der Waals surface area contributed by atoms with Gasteiger partial charge in [0.15, 0.2) is 0 Å². The van der Waals surface area contributed by atoms with Crippen LogP contribution in [-0.2, 0) is 11.2 Å². The van der Waals surface area contributed by atoms with Crippen molar-refractivity contribution in [3.05, 3.63) is 59.4 Å². The summed E-state index contributed by atoms with van der Waals surface area (Å²) in [5.74, 6) is 1.03. The molecule has 33 heavy (non-hydrogen) atoms. The SMILES string of the molecule is COc1ccccc1Cc1cc(C(=O)N2[C@@H]3CN(C(C)=O)[C@@H]4CCCC[C@H]2[C@]4(C)C3)ccn1. The number of rotatable bonds is 4. The summed E-state index contributed by atoms with van der Waals surface area (Å²) in [5, 5.41) is 0. The summed E-state index contributed by atoms with van der Waals surface area (Å²) >= 11 is 0. The van der Waals surface area contributed by atoms with Crippen LogP contribution in [0.3, 0.4) is 0 Å². The van der Waals surface area contributed by atoms with Crippen molar-refractivity contribution in [1.82, 2.24) is 14.8 Å². The van der Waals surface area contributed by atoms with Gasteiger partial charge in [-0.2, -0.15) is 0 Å². The Bertz CT molecular complexity index is 1070. The molecule has 3 fully saturated rings. The van der Waals surface area contributed by atoms with Gasteiger partial charge >= 0.3 is 0 Å². The van der Waals surface area contributed by atoms with Crippen LogP contribution in [-0.4, -0.2) is 58.4 Å². The summed E-state index contributed by atoms with van der Waals surface area (Å²) in [6.07, 6.45) is 7.60. The predicted octanol–water partition coefficient (Wildman–Crippen LogP) is 4.08. The molecule has 174 valence electrons. The number of hydrogen-bond donors (Lipinski definition) is 0. The minimum Gasteiger partial charge on any atom is -0.496 e. The van der Waals surface area contributed by atoms with Gasteiger partial charge in [-0.25, -0.2) is 0 Å². The first-order valence-corrected chi connectivity index (χ1v) is 12.1. The molecular formula is C27H33N3O3. The number of pyridine rings is 1. The van der Waals surface area contributed by atoms with Crippen molar-refractivity contribution in [3.63, 3.8) is 0 Å². The summed E-state index contributed by atoms with van der Waals surface area (Å²) in [6, 6.07) is 12.2. The third kappa shape index (κ3) is 3.69. The van der Waals surface area contributed by atoms with E-state index in [0.29, 0.717) is 18.5 Å². The smallest absolute Gasteiger partial charge is 0.254 e. The highest BCUT2D eigenvalue weighted by Crippen LogP contribution is 2.53. The van der Waals surface area contributed by atoms with Crippen LogP contribution in [0, 0.1) is 5.41 Å². The molecule has 2 aliphatic heterocycles. The fourth-order valence-corrected chi connectivity index (χ4v) is 6.72. The topological polar surface area (TPSA) is 62.7 Å². The van der Waals surface area contributed by atoms with E-state index in [1.165, 1.54) is 0 Å². The summed E-state index contributed by atoms with van der Waals surface area (Å²) in [4.78, 5) is 35.1. The Morgan fingerprint density at radius 2 is 1.91 bits per heavy atom. The molecule has 2 amide bonds. The number of aromatic nitrogens is 1. The quantitative estimate of drug-likeness (QED) is 0.709. The summed E-state index contributed by atoms with van der Waals surface area (Å²) in [7, 11) is 1.67. The molecule has 4 atom stereocenters. The second kappa shape index (κ2) is 8.47. The first kappa shape index (κ1) is 21.9. The molecule has 1 aliphatic carbocycles. The summed E-state index contributed by atoms with van der Waals surface area (Å²) < 4.78 is 5.49. The number of ether oxygens (including phenoxy) is 1. The lowest BCUT2D eigenvalue weighted by atomic mass is 9.71. The number of amides is 2. The van der Waals surface area contributed by atoms with Crippen molar-refractivity contribution in [1.29, 1.82) is 0 Å². The molecule has 0 unspecified atom stereocenters. The normalized spacial score (nSPS) is 28.4. The van der Waals surface area contributed by atoms with E-state index in [9.17, 15) is 9.59 Å². The lowest BCUT2D eigenvalue weighted by Crippen LogP contribution is -2.55. The van der Waals surface area contributed by atoms with Crippen molar-refractivity contribution in [2.24, 2.45) is 5.41 Å². The maximum Gasteiger partial charge on any atom is 0.254 e. The molecule has 2 aromatic rings. The molecule has 1 aromatic carbocycles.